The molecule has 0 unspecified atom stereocenters. The topological polar surface area (TPSA) is 18.5 Å². The molecule has 11 heavy (non-hydrogen) atoms. The van der Waals surface area contributed by atoms with Crippen LogP contribution in [-0.2, 0) is 8.85 Å². The molecule has 4 heteroatoms. The molecule has 0 aromatic carbocycles. The number of hydrogen-bond acceptors (Lipinski definition) is 2. The van der Waals surface area contributed by atoms with Gasteiger partial charge in [0.15, 0.2) is 9.76 Å². The Hall–Kier alpha value is 0.0938. The highest BCUT2D eigenvalue weighted by Gasteiger charge is 1.84. The minimum absolute atomic E-state index is 0.302. The molecule has 0 saturated carbocycles. The van der Waals surface area contributed by atoms with Gasteiger partial charge in [-0.3, -0.25) is 0 Å². The molecule has 0 radical (unpaired) electrons. The molecule has 0 aliphatic carbocycles. The molecule has 0 aromatic heterocycles. The highest BCUT2D eigenvalue weighted by Crippen LogP contribution is 1.87. The van der Waals surface area contributed by atoms with Crippen molar-refractivity contribution in [1.82, 2.24) is 0 Å². The van der Waals surface area contributed by atoms with Crippen LogP contribution in [-0.4, -0.2) is 33.1 Å². The van der Waals surface area contributed by atoms with E-state index in [1.807, 2.05) is 0 Å². The van der Waals surface area contributed by atoms with Gasteiger partial charge in [-0.2, -0.15) is 0 Å². The Kier molecular flexibility index (Phi) is 10.2. The Labute approximate surface area is 74.5 Å². The zero-order valence-electron chi connectivity index (χ0n) is 7.51. The van der Waals surface area contributed by atoms with Gasteiger partial charge in [-0.25, -0.2) is 0 Å². The van der Waals surface area contributed by atoms with Gasteiger partial charge in [0.05, 0.1) is 6.23 Å². The molecule has 0 heterocycles. The lowest BCUT2D eigenvalue weighted by Crippen LogP contribution is -2.06. The van der Waals surface area contributed by atoms with Gasteiger partial charge in [0, 0.05) is 6.61 Å². The second-order valence-electron chi connectivity index (χ2n) is 2.27. The van der Waals surface area contributed by atoms with Crippen molar-refractivity contribution in [2.45, 2.75) is 19.8 Å². The quantitative estimate of drug-likeness (QED) is 0.312. The maximum absolute atomic E-state index is 5.33. The van der Waals surface area contributed by atoms with E-state index in [-0.39, 0.29) is 9.76 Å². The number of rotatable bonds is 7. The summed E-state index contributed by atoms with van der Waals surface area (Å²) in [5.41, 5.74) is 0. The largest absolute Gasteiger partial charge is 0.466 e. The smallest absolute Gasteiger partial charge is 0.171 e. The zero-order valence-corrected chi connectivity index (χ0v) is 10.9. The van der Waals surface area contributed by atoms with Gasteiger partial charge >= 0.3 is 0 Å². The van der Waals surface area contributed by atoms with E-state index in [9.17, 15) is 0 Å². The molecule has 0 aromatic rings. The van der Waals surface area contributed by atoms with E-state index in [1.165, 1.54) is 0 Å². The van der Waals surface area contributed by atoms with Crippen LogP contribution in [0.4, 0.5) is 0 Å². The van der Waals surface area contributed by atoms with Gasteiger partial charge in [-0.05, 0) is 12.8 Å². The van der Waals surface area contributed by atoms with Crippen LogP contribution >= 0.6 is 0 Å². The van der Waals surface area contributed by atoms with Crippen molar-refractivity contribution >= 4 is 20.2 Å². The first-order chi connectivity index (χ1) is 5.41. The minimum Gasteiger partial charge on any atom is -0.466 e. The summed E-state index contributed by atoms with van der Waals surface area (Å²) in [6.45, 7) is 2.99. The molecule has 0 aliphatic rings. The molecule has 0 rings (SSSR count). The summed E-state index contributed by atoms with van der Waals surface area (Å²) in [7, 11) is 0.575. The van der Waals surface area contributed by atoms with Crippen LogP contribution in [0.15, 0.2) is 12.2 Å². The van der Waals surface area contributed by atoms with Gasteiger partial charge in [-0.15, -0.1) is 0 Å². The van der Waals surface area contributed by atoms with Gasteiger partial charge in [0.1, 0.15) is 10.5 Å². The van der Waals surface area contributed by atoms with E-state index in [4.69, 9.17) is 8.85 Å². The van der Waals surface area contributed by atoms with Crippen LogP contribution in [0.2, 0.25) is 0 Å². The molecule has 0 amide bonds. The van der Waals surface area contributed by atoms with Crippen LogP contribution in [0.25, 0.3) is 0 Å². The summed E-state index contributed by atoms with van der Waals surface area (Å²) in [4.78, 5) is 0. The first kappa shape index (κ1) is 11.1. The first-order valence-corrected chi connectivity index (χ1v) is 6.53. The SMILES string of the molecule is CC/C=C\CCOC[SiH2]O[SiH3]. The Morgan fingerprint density at radius 3 is 2.91 bits per heavy atom. The summed E-state index contributed by atoms with van der Waals surface area (Å²) in [5.74, 6) is 0. The Bertz CT molecular complexity index is 96.4. The molecular weight excluding hydrogens is 172 g/mol. The molecule has 0 saturated heterocycles. The van der Waals surface area contributed by atoms with Gasteiger partial charge in [0.25, 0.3) is 0 Å². The van der Waals surface area contributed by atoms with E-state index < -0.39 is 0 Å². The fourth-order valence-electron chi connectivity index (χ4n) is 0.680. The van der Waals surface area contributed by atoms with Crippen LogP contribution in [0.1, 0.15) is 19.8 Å². The van der Waals surface area contributed by atoms with Crippen molar-refractivity contribution in [3.63, 3.8) is 0 Å². The number of ether oxygens (including phenoxy) is 1. The molecule has 66 valence electrons. The fraction of sp³-hybridized carbons (Fsp3) is 0.714. The summed E-state index contributed by atoms with van der Waals surface area (Å²) < 4.78 is 10.4. The van der Waals surface area contributed by atoms with E-state index >= 15 is 0 Å². The van der Waals surface area contributed by atoms with Crippen molar-refractivity contribution in [3.8, 4) is 0 Å². The molecule has 2 nitrogen and oxygen atoms in total. The average Bonchev–Trinajstić information content (AvgIpc) is 2.03. The zero-order chi connectivity index (χ0) is 8.36. The maximum atomic E-state index is 5.33. The Balaban J connectivity index is 2.85. The monoisotopic (exact) mass is 190 g/mol. The molecule has 0 N–H and O–H groups in total. The molecular formula is C7H18O2Si2. The lowest BCUT2D eigenvalue weighted by Gasteiger charge is -1.99. The van der Waals surface area contributed by atoms with E-state index in [1.54, 1.807) is 0 Å². The minimum atomic E-state index is -0.302. The normalized spacial score (nSPS) is 12.5. The Morgan fingerprint density at radius 1 is 1.45 bits per heavy atom. The Morgan fingerprint density at radius 2 is 2.27 bits per heavy atom. The van der Waals surface area contributed by atoms with Crippen molar-refractivity contribution in [1.29, 1.82) is 0 Å². The third-order valence-corrected chi connectivity index (χ3v) is 3.35. The molecule has 0 fully saturated rings. The first-order valence-electron chi connectivity index (χ1n) is 4.13. The van der Waals surface area contributed by atoms with Crippen molar-refractivity contribution in [2.75, 3.05) is 12.8 Å². The van der Waals surface area contributed by atoms with Crippen molar-refractivity contribution < 1.29 is 8.85 Å². The highest BCUT2D eigenvalue weighted by atomic mass is 28.3. The fourth-order valence-corrected chi connectivity index (χ4v) is 1.67. The standard InChI is InChI=1S/C7H18O2Si2/c1-2-3-4-5-6-8-7-11-9-10/h3-4H,2,5-7,11H2,1,10H3/b4-3-. The number of allylic oxidation sites excluding steroid dienone is 1. The molecule has 0 bridgehead atoms. The van der Waals surface area contributed by atoms with Gasteiger partial charge in [-0.1, -0.05) is 19.1 Å². The number of hydrogen-bond donors (Lipinski definition) is 0. The van der Waals surface area contributed by atoms with Crippen molar-refractivity contribution in [3.05, 3.63) is 12.2 Å². The third kappa shape index (κ3) is 10.1. The van der Waals surface area contributed by atoms with Gasteiger partial charge < -0.3 is 8.85 Å². The molecule has 0 atom stereocenters. The van der Waals surface area contributed by atoms with E-state index in [0.717, 1.165) is 36.2 Å². The van der Waals surface area contributed by atoms with E-state index in [0.29, 0.717) is 0 Å². The van der Waals surface area contributed by atoms with Crippen LogP contribution in [0.3, 0.4) is 0 Å². The summed E-state index contributed by atoms with van der Waals surface area (Å²) in [6.07, 6.45) is 7.39. The summed E-state index contributed by atoms with van der Waals surface area (Å²) in [6, 6.07) is 0. The van der Waals surface area contributed by atoms with Crippen LogP contribution < -0.4 is 0 Å². The van der Waals surface area contributed by atoms with Crippen LogP contribution in [0.5, 0.6) is 0 Å². The van der Waals surface area contributed by atoms with Gasteiger partial charge in [0.2, 0.25) is 0 Å². The highest BCUT2D eigenvalue weighted by molar-refractivity contribution is 6.34. The predicted molar refractivity (Wildman–Crippen MR) is 54.4 cm³/mol. The molecule has 0 aliphatic heterocycles. The predicted octanol–water partition coefficient (Wildman–Crippen LogP) is -0.302. The molecule has 0 spiro atoms. The summed E-state index contributed by atoms with van der Waals surface area (Å²) >= 11 is 0. The average molecular weight is 190 g/mol. The van der Waals surface area contributed by atoms with Crippen LogP contribution in [0, 0.1) is 0 Å². The lowest BCUT2D eigenvalue weighted by molar-refractivity contribution is 0.177. The van der Waals surface area contributed by atoms with Crippen molar-refractivity contribution in [2.24, 2.45) is 0 Å². The second-order valence-corrected chi connectivity index (χ2v) is 5.40. The second kappa shape index (κ2) is 10.1. The third-order valence-electron chi connectivity index (χ3n) is 1.26. The maximum Gasteiger partial charge on any atom is 0.171 e. The lowest BCUT2D eigenvalue weighted by atomic mass is 10.3. The van der Waals surface area contributed by atoms with E-state index in [2.05, 4.69) is 19.1 Å². The summed E-state index contributed by atoms with van der Waals surface area (Å²) in [5, 5.41) is 0.